The Labute approximate surface area is 109 Å². The molecule has 1 fully saturated rings. The van der Waals surface area contributed by atoms with Crippen molar-refractivity contribution in [3.8, 4) is 0 Å². The summed E-state index contributed by atoms with van der Waals surface area (Å²) < 4.78 is 5.33. The third-order valence-corrected chi connectivity index (χ3v) is 4.10. The molecule has 0 bridgehead atoms. The molecule has 0 unspecified atom stereocenters. The maximum Gasteiger partial charge on any atom is 0.251 e. The molecule has 0 spiro atoms. The van der Waals surface area contributed by atoms with Crippen molar-refractivity contribution in [1.82, 2.24) is 10.3 Å². The number of hydrogen-bond donors (Lipinski definition) is 1. The van der Waals surface area contributed by atoms with Gasteiger partial charge in [0.15, 0.2) is 0 Å². The molecule has 2 rings (SSSR count). The number of carbonyl (C=O) groups excluding carboxylic acids is 1. The van der Waals surface area contributed by atoms with Gasteiger partial charge >= 0.3 is 0 Å². The van der Waals surface area contributed by atoms with Crippen molar-refractivity contribution >= 4 is 21.8 Å². The normalized spacial score (nSPS) is 18.6. The minimum Gasteiger partial charge on any atom is -0.381 e. The zero-order valence-corrected chi connectivity index (χ0v) is 11.1. The van der Waals surface area contributed by atoms with Crippen LogP contribution in [-0.4, -0.2) is 35.0 Å². The molecule has 4 nitrogen and oxygen atoms in total. The van der Waals surface area contributed by atoms with E-state index in [1.807, 2.05) is 0 Å². The molecular formula is C12H15BrN2O2. The summed E-state index contributed by atoms with van der Waals surface area (Å²) >= 11 is 3.49. The number of pyridine rings is 1. The van der Waals surface area contributed by atoms with E-state index in [-0.39, 0.29) is 11.4 Å². The van der Waals surface area contributed by atoms with Crippen molar-refractivity contribution < 1.29 is 9.53 Å². The summed E-state index contributed by atoms with van der Waals surface area (Å²) in [5.41, 5.74) is 0.463. The van der Waals surface area contributed by atoms with Crippen LogP contribution in [0.15, 0.2) is 24.5 Å². The quantitative estimate of drug-likeness (QED) is 0.865. The first-order chi connectivity index (χ1) is 8.26. The van der Waals surface area contributed by atoms with Crippen LogP contribution in [0, 0.1) is 0 Å². The lowest BCUT2D eigenvalue weighted by Gasteiger charge is -2.36. The van der Waals surface area contributed by atoms with Crippen LogP contribution in [0.25, 0.3) is 0 Å². The van der Waals surface area contributed by atoms with Gasteiger partial charge in [0.05, 0.1) is 5.54 Å². The average Bonchev–Trinajstić information content (AvgIpc) is 2.41. The molecule has 0 aliphatic carbocycles. The Balaban J connectivity index is 2.06. The van der Waals surface area contributed by atoms with Crippen molar-refractivity contribution in [3.05, 3.63) is 30.1 Å². The molecule has 1 N–H and O–H groups in total. The molecule has 0 aromatic carbocycles. The highest BCUT2D eigenvalue weighted by molar-refractivity contribution is 9.09. The number of aromatic nitrogens is 1. The zero-order valence-electron chi connectivity index (χ0n) is 9.49. The second-order valence-electron chi connectivity index (χ2n) is 4.22. The van der Waals surface area contributed by atoms with Gasteiger partial charge in [0.1, 0.15) is 0 Å². The number of rotatable bonds is 3. The number of halogens is 1. The second kappa shape index (κ2) is 5.60. The molecule has 1 amide bonds. The number of nitrogens with zero attached hydrogens (tertiary/aromatic N) is 1. The molecule has 1 aliphatic heterocycles. The van der Waals surface area contributed by atoms with Crippen molar-refractivity contribution in [2.75, 3.05) is 18.5 Å². The van der Waals surface area contributed by atoms with Crippen molar-refractivity contribution in [3.63, 3.8) is 0 Å². The standard InChI is InChI=1S/C12H15BrN2O2/c13-9-12(3-7-17-8-4-12)15-11(16)10-1-5-14-6-2-10/h1-2,5-6H,3-4,7-9H2,(H,15,16). The van der Waals surface area contributed by atoms with Crippen LogP contribution >= 0.6 is 15.9 Å². The second-order valence-corrected chi connectivity index (χ2v) is 4.78. The summed E-state index contributed by atoms with van der Waals surface area (Å²) in [6.07, 6.45) is 4.93. The highest BCUT2D eigenvalue weighted by Crippen LogP contribution is 2.23. The molecule has 1 aromatic heterocycles. The fourth-order valence-electron chi connectivity index (χ4n) is 1.87. The van der Waals surface area contributed by atoms with Gasteiger partial charge in [-0.3, -0.25) is 9.78 Å². The van der Waals surface area contributed by atoms with Gasteiger partial charge in [-0.1, -0.05) is 15.9 Å². The molecular weight excluding hydrogens is 284 g/mol. The minimum atomic E-state index is -0.182. The maximum atomic E-state index is 12.1. The van der Waals surface area contributed by atoms with Gasteiger partial charge in [0.2, 0.25) is 0 Å². The number of nitrogens with one attached hydrogen (secondary N) is 1. The first-order valence-electron chi connectivity index (χ1n) is 5.62. The predicted molar refractivity (Wildman–Crippen MR) is 68.3 cm³/mol. The molecule has 0 radical (unpaired) electrons. The lowest BCUT2D eigenvalue weighted by atomic mass is 9.92. The van der Waals surface area contributed by atoms with Gasteiger partial charge < -0.3 is 10.1 Å². The van der Waals surface area contributed by atoms with E-state index in [2.05, 4.69) is 26.2 Å². The molecule has 1 aliphatic rings. The third-order valence-electron chi connectivity index (χ3n) is 3.03. The Morgan fingerprint density at radius 1 is 1.41 bits per heavy atom. The van der Waals surface area contributed by atoms with Crippen molar-refractivity contribution in [1.29, 1.82) is 0 Å². The number of hydrogen-bond acceptors (Lipinski definition) is 3. The minimum absolute atomic E-state index is 0.0475. The monoisotopic (exact) mass is 298 g/mol. The Morgan fingerprint density at radius 2 is 2.06 bits per heavy atom. The van der Waals surface area contributed by atoms with E-state index in [0.29, 0.717) is 18.8 Å². The zero-order chi connectivity index (χ0) is 12.1. The molecule has 17 heavy (non-hydrogen) atoms. The van der Waals surface area contributed by atoms with Crippen LogP contribution in [0.1, 0.15) is 23.2 Å². The SMILES string of the molecule is O=C(NC1(CBr)CCOCC1)c1ccncc1. The van der Waals surface area contributed by atoms with Crippen molar-refractivity contribution in [2.45, 2.75) is 18.4 Å². The van der Waals surface area contributed by atoms with Gasteiger partial charge in [0.25, 0.3) is 5.91 Å². The Kier molecular flexibility index (Phi) is 4.12. The maximum absolute atomic E-state index is 12.1. The lowest BCUT2D eigenvalue weighted by molar-refractivity contribution is 0.0442. The average molecular weight is 299 g/mol. The van der Waals surface area contributed by atoms with Crippen LogP contribution in [0.2, 0.25) is 0 Å². The van der Waals surface area contributed by atoms with Gasteiger partial charge in [-0.25, -0.2) is 0 Å². The van der Waals surface area contributed by atoms with Crippen LogP contribution in [0.3, 0.4) is 0 Å². The fraction of sp³-hybridized carbons (Fsp3) is 0.500. The third kappa shape index (κ3) is 3.04. The van der Waals surface area contributed by atoms with Crippen LogP contribution in [0.4, 0.5) is 0 Å². The van der Waals surface area contributed by atoms with E-state index in [4.69, 9.17) is 4.74 Å². The first-order valence-corrected chi connectivity index (χ1v) is 6.74. The van der Waals surface area contributed by atoms with E-state index in [1.165, 1.54) is 0 Å². The summed E-state index contributed by atoms with van der Waals surface area (Å²) in [5, 5.41) is 3.85. The molecule has 1 saturated heterocycles. The van der Waals surface area contributed by atoms with Gasteiger partial charge in [-0.05, 0) is 25.0 Å². The molecule has 92 valence electrons. The van der Waals surface area contributed by atoms with Crippen LogP contribution in [0.5, 0.6) is 0 Å². The van der Waals surface area contributed by atoms with E-state index in [1.54, 1.807) is 24.5 Å². The Bertz CT molecular complexity index is 377. The predicted octanol–water partition coefficient (Wildman–Crippen LogP) is 1.76. The van der Waals surface area contributed by atoms with Gasteiger partial charge in [0, 0.05) is 36.5 Å². The summed E-state index contributed by atoms with van der Waals surface area (Å²) in [7, 11) is 0. The fourth-order valence-corrected chi connectivity index (χ4v) is 2.57. The highest BCUT2D eigenvalue weighted by Gasteiger charge is 2.33. The summed E-state index contributed by atoms with van der Waals surface area (Å²) in [6.45, 7) is 1.39. The van der Waals surface area contributed by atoms with Gasteiger partial charge in [-0.2, -0.15) is 0 Å². The lowest BCUT2D eigenvalue weighted by Crippen LogP contribution is -2.53. The Morgan fingerprint density at radius 3 is 2.65 bits per heavy atom. The summed E-state index contributed by atoms with van der Waals surface area (Å²) in [6, 6.07) is 3.44. The first kappa shape index (κ1) is 12.5. The highest BCUT2D eigenvalue weighted by atomic mass is 79.9. The number of ether oxygens (including phenoxy) is 1. The number of alkyl halides is 1. The molecule has 0 atom stereocenters. The van der Waals surface area contributed by atoms with Crippen molar-refractivity contribution in [2.24, 2.45) is 0 Å². The van der Waals surface area contributed by atoms with Crippen LogP contribution < -0.4 is 5.32 Å². The molecule has 1 aromatic rings. The van der Waals surface area contributed by atoms with Crippen LogP contribution in [-0.2, 0) is 4.74 Å². The smallest absolute Gasteiger partial charge is 0.251 e. The van der Waals surface area contributed by atoms with E-state index in [9.17, 15) is 4.79 Å². The topological polar surface area (TPSA) is 51.2 Å². The number of carbonyl (C=O) groups is 1. The van der Waals surface area contributed by atoms with Gasteiger partial charge in [-0.15, -0.1) is 0 Å². The summed E-state index contributed by atoms with van der Waals surface area (Å²) in [5.74, 6) is -0.0475. The van der Waals surface area contributed by atoms with E-state index in [0.717, 1.165) is 18.2 Å². The molecule has 0 saturated carbocycles. The Hall–Kier alpha value is -0.940. The molecule has 2 heterocycles. The molecule has 5 heteroatoms. The largest absolute Gasteiger partial charge is 0.381 e. The number of amides is 1. The van der Waals surface area contributed by atoms with E-state index >= 15 is 0 Å². The van der Waals surface area contributed by atoms with E-state index < -0.39 is 0 Å². The summed E-state index contributed by atoms with van der Waals surface area (Å²) in [4.78, 5) is 16.0.